The number of aromatic nitrogens is 2. The summed E-state index contributed by atoms with van der Waals surface area (Å²) in [6.07, 6.45) is 4.76. The summed E-state index contributed by atoms with van der Waals surface area (Å²) < 4.78 is 5.32. The molecule has 3 aromatic rings. The van der Waals surface area contributed by atoms with Gasteiger partial charge in [-0.25, -0.2) is 9.97 Å². The van der Waals surface area contributed by atoms with Crippen molar-refractivity contribution < 1.29 is 19.1 Å². The van der Waals surface area contributed by atoms with Gasteiger partial charge in [-0.3, -0.25) is 14.4 Å². The minimum atomic E-state index is -0.706. The van der Waals surface area contributed by atoms with Crippen LogP contribution in [0.2, 0.25) is 5.02 Å². The number of morpholine rings is 1. The molecule has 0 bridgehead atoms. The number of benzene rings is 2. The molecule has 0 radical (unpaired) electrons. The van der Waals surface area contributed by atoms with Crippen LogP contribution in [0.25, 0.3) is 0 Å². The number of nitrogens with one attached hydrogen (secondary N) is 3. The number of hydrogen-bond donors (Lipinski definition) is 4. The first-order valence-corrected chi connectivity index (χ1v) is 14.0. The molecule has 2 heterocycles. The molecule has 5 N–H and O–H groups in total. The third kappa shape index (κ3) is 7.30. The molecule has 0 atom stereocenters. The van der Waals surface area contributed by atoms with E-state index >= 15 is 0 Å². The molecule has 5 rings (SSSR count). The molecule has 2 aromatic carbocycles. The van der Waals surface area contributed by atoms with E-state index in [2.05, 4.69) is 25.9 Å². The molecule has 0 unspecified atom stereocenters. The molecule has 12 heteroatoms. The van der Waals surface area contributed by atoms with Gasteiger partial charge in [0.05, 0.1) is 19.4 Å². The van der Waals surface area contributed by atoms with Crippen LogP contribution in [0, 0.1) is 0 Å². The SMILES string of the molecule is NC(=O)c1ncc(NC2CCC(NC(=O)c3ccc(Cl)cc3)CC2)nc1Nc1ccc(C(=O)N2CCOCC2)cc1. The van der Waals surface area contributed by atoms with Gasteiger partial charge in [-0.2, -0.15) is 0 Å². The number of halogens is 1. The Kier molecular flexibility index (Phi) is 8.95. The van der Waals surface area contributed by atoms with E-state index in [0.29, 0.717) is 54.0 Å². The molecule has 1 aliphatic heterocycles. The topological polar surface area (TPSA) is 152 Å². The number of carbonyl (C=O) groups excluding carboxylic acids is 3. The fourth-order valence-corrected chi connectivity index (χ4v) is 5.10. The van der Waals surface area contributed by atoms with Crippen molar-refractivity contribution in [3.05, 3.63) is 76.6 Å². The van der Waals surface area contributed by atoms with E-state index in [1.807, 2.05) is 0 Å². The third-order valence-electron chi connectivity index (χ3n) is 7.22. The number of primary amides is 1. The highest BCUT2D eigenvalue weighted by molar-refractivity contribution is 6.30. The summed E-state index contributed by atoms with van der Waals surface area (Å²) in [4.78, 5) is 47.9. The van der Waals surface area contributed by atoms with Gasteiger partial charge in [-0.05, 0) is 74.2 Å². The highest BCUT2D eigenvalue weighted by Crippen LogP contribution is 2.25. The van der Waals surface area contributed by atoms with Crippen molar-refractivity contribution in [3.8, 4) is 0 Å². The monoisotopic (exact) mass is 577 g/mol. The fraction of sp³-hybridized carbons (Fsp3) is 0.345. The predicted molar refractivity (Wildman–Crippen MR) is 156 cm³/mol. The number of nitrogens with zero attached hydrogens (tertiary/aromatic N) is 3. The number of amides is 3. The van der Waals surface area contributed by atoms with E-state index in [1.165, 1.54) is 6.20 Å². The van der Waals surface area contributed by atoms with Crippen molar-refractivity contribution in [2.24, 2.45) is 5.73 Å². The lowest BCUT2D eigenvalue weighted by Crippen LogP contribution is -2.40. The zero-order chi connectivity index (χ0) is 28.8. The van der Waals surface area contributed by atoms with Crippen LogP contribution in [0.5, 0.6) is 0 Å². The number of rotatable bonds is 8. The first kappa shape index (κ1) is 28.3. The van der Waals surface area contributed by atoms with Gasteiger partial charge in [0.2, 0.25) is 0 Å². The summed E-state index contributed by atoms with van der Waals surface area (Å²) in [5, 5.41) is 10.2. The second kappa shape index (κ2) is 13.0. The number of anilines is 3. The first-order valence-electron chi connectivity index (χ1n) is 13.6. The summed E-state index contributed by atoms with van der Waals surface area (Å²) in [6, 6.07) is 14.0. The second-order valence-corrected chi connectivity index (χ2v) is 10.5. The number of ether oxygens (including phenoxy) is 1. The summed E-state index contributed by atoms with van der Waals surface area (Å²) in [5.41, 5.74) is 7.34. The number of carbonyl (C=O) groups is 3. The molecule has 214 valence electrons. The predicted octanol–water partition coefficient (Wildman–Crippen LogP) is 3.60. The zero-order valence-corrected chi connectivity index (χ0v) is 23.2. The highest BCUT2D eigenvalue weighted by atomic mass is 35.5. The Morgan fingerprint density at radius 1 is 0.902 bits per heavy atom. The van der Waals surface area contributed by atoms with Crippen LogP contribution < -0.4 is 21.7 Å². The smallest absolute Gasteiger partial charge is 0.271 e. The molecule has 2 aliphatic rings. The van der Waals surface area contributed by atoms with Crippen LogP contribution >= 0.6 is 11.6 Å². The molecule has 11 nitrogen and oxygen atoms in total. The van der Waals surface area contributed by atoms with E-state index in [9.17, 15) is 14.4 Å². The van der Waals surface area contributed by atoms with Gasteiger partial charge >= 0.3 is 0 Å². The molecular formula is C29H32ClN7O4. The van der Waals surface area contributed by atoms with E-state index in [0.717, 1.165) is 25.7 Å². The Balaban J connectivity index is 1.18. The van der Waals surface area contributed by atoms with Crippen LogP contribution in [0.4, 0.5) is 17.3 Å². The highest BCUT2D eigenvalue weighted by Gasteiger charge is 2.24. The summed E-state index contributed by atoms with van der Waals surface area (Å²) in [6.45, 7) is 2.20. The Labute approximate surface area is 242 Å². The maximum atomic E-state index is 12.7. The molecule has 41 heavy (non-hydrogen) atoms. The van der Waals surface area contributed by atoms with Crippen LogP contribution in [0.1, 0.15) is 56.9 Å². The van der Waals surface area contributed by atoms with Crippen LogP contribution in [0.15, 0.2) is 54.7 Å². The molecule has 1 aromatic heterocycles. The van der Waals surface area contributed by atoms with Crippen molar-refractivity contribution in [1.82, 2.24) is 20.2 Å². The average Bonchev–Trinajstić information content (AvgIpc) is 2.99. The maximum Gasteiger partial charge on any atom is 0.271 e. The lowest BCUT2D eigenvalue weighted by molar-refractivity contribution is 0.0303. The van der Waals surface area contributed by atoms with Gasteiger partial charge < -0.3 is 31.3 Å². The summed E-state index contributed by atoms with van der Waals surface area (Å²) in [5.74, 6) is -0.144. The van der Waals surface area contributed by atoms with Gasteiger partial charge in [0, 0.05) is 47.0 Å². The number of hydrogen-bond acceptors (Lipinski definition) is 8. The molecule has 1 saturated carbocycles. The van der Waals surface area contributed by atoms with E-state index in [4.69, 9.17) is 22.1 Å². The van der Waals surface area contributed by atoms with Crippen molar-refractivity contribution in [1.29, 1.82) is 0 Å². The van der Waals surface area contributed by atoms with Gasteiger partial charge in [-0.15, -0.1) is 0 Å². The quantitative estimate of drug-likeness (QED) is 0.317. The van der Waals surface area contributed by atoms with Crippen molar-refractivity contribution >= 4 is 46.6 Å². The minimum absolute atomic E-state index is 0.0117. The van der Waals surface area contributed by atoms with Gasteiger partial charge in [0.25, 0.3) is 17.7 Å². The third-order valence-corrected chi connectivity index (χ3v) is 7.47. The maximum absolute atomic E-state index is 12.7. The normalized spacial score (nSPS) is 18.8. The van der Waals surface area contributed by atoms with E-state index < -0.39 is 5.91 Å². The molecule has 0 spiro atoms. The van der Waals surface area contributed by atoms with Gasteiger partial charge in [0.1, 0.15) is 5.82 Å². The minimum Gasteiger partial charge on any atom is -0.378 e. The zero-order valence-electron chi connectivity index (χ0n) is 22.4. The molecule has 1 saturated heterocycles. The summed E-state index contributed by atoms with van der Waals surface area (Å²) in [7, 11) is 0. The van der Waals surface area contributed by atoms with Crippen molar-refractivity contribution in [2.75, 3.05) is 36.9 Å². The van der Waals surface area contributed by atoms with Crippen LogP contribution in [-0.2, 0) is 4.74 Å². The molecule has 3 amide bonds. The Hall–Kier alpha value is -4.22. The standard InChI is InChI=1S/C29H32ClN7O4/c30-20-5-1-18(2-6-20)28(39)35-23-11-9-21(10-12-23)33-24-17-32-25(26(31)38)27(36-24)34-22-7-3-19(4-8-22)29(40)37-13-15-41-16-14-37/h1-8,17,21,23H,9-16H2,(H2,31,38)(H,35,39)(H2,33,34,36). The molecule has 2 fully saturated rings. The Morgan fingerprint density at radius 3 is 2.20 bits per heavy atom. The van der Waals surface area contributed by atoms with E-state index in [1.54, 1.807) is 53.4 Å². The lowest BCUT2D eigenvalue weighted by atomic mass is 9.91. The Bertz CT molecular complexity index is 1390. The van der Waals surface area contributed by atoms with Crippen LogP contribution in [-0.4, -0.2) is 71.0 Å². The second-order valence-electron chi connectivity index (χ2n) is 10.1. The average molecular weight is 578 g/mol. The first-order chi connectivity index (χ1) is 19.9. The largest absolute Gasteiger partial charge is 0.378 e. The van der Waals surface area contributed by atoms with Crippen molar-refractivity contribution in [2.45, 2.75) is 37.8 Å². The number of nitrogens with two attached hydrogens (primary N) is 1. The fourth-order valence-electron chi connectivity index (χ4n) is 4.97. The lowest BCUT2D eigenvalue weighted by Gasteiger charge is -2.30. The molecule has 1 aliphatic carbocycles. The van der Waals surface area contributed by atoms with E-state index in [-0.39, 0.29) is 35.4 Å². The van der Waals surface area contributed by atoms with Crippen LogP contribution in [0.3, 0.4) is 0 Å². The Morgan fingerprint density at radius 2 is 1.54 bits per heavy atom. The molecular weight excluding hydrogens is 546 g/mol. The van der Waals surface area contributed by atoms with Crippen molar-refractivity contribution in [3.63, 3.8) is 0 Å². The van der Waals surface area contributed by atoms with Gasteiger partial charge in [-0.1, -0.05) is 11.6 Å². The summed E-state index contributed by atoms with van der Waals surface area (Å²) >= 11 is 5.91. The van der Waals surface area contributed by atoms with Gasteiger partial charge in [0.15, 0.2) is 11.5 Å².